The number of nitrogens with one attached hydrogen (secondary N) is 2. The van der Waals surface area contributed by atoms with E-state index in [9.17, 15) is 9.59 Å². The number of carbonyl (C=O) groups excluding carboxylic acids is 2. The fraction of sp³-hybridized carbons (Fsp3) is 0.250. The number of benzene rings is 2. The van der Waals surface area contributed by atoms with Crippen molar-refractivity contribution in [1.82, 2.24) is 14.8 Å². The number of amides is 2. The van der Waals surface area contributed by atoms with E-state index >= 15 is 0 Å². The SMILES string of the molecule is Cn1cccc1[C@@H](CNC(=O)C(=O)Nc1ccccc1Cl)N1CCc2ccccc2C1. The van der Waals surface area contributed by atoms with E-state index in [-0.39, 0.29) is 6.04 Å². The standard InChI is InChI=1S/C24H25ClN4O2/c1-28-13-6-11-21(28)22(29-14-12-17-7-2-3-8-18(17)16-29)15-26-23(30)24(31)27-20-10-5-4-9-19(20)25/h2-11,13,22H,12,14-16H2,1H3,(H,26,30)(H,27,31)/t22-/m1/s1. The molecule has 31 heavy (non-hydrogen) atoms. The van der Waals surface area contributed by atoms with Gasteiger partial charge in [-0.1, -0.05) is 48.0 Å². The van der Waals surface area contributed by atoms with Crippen molar-refractivity contribution in [2.75, 3.05) is 18.4 Å². The maximum Gasteiger partial charge on any atom is 0.313 e. The van der Waals surface area contributed by atoms with Crippen LogP contribution in [0, 0.1) is 0 Å². The number of nitrogens with zero attached hydrogens (tertiary/aromatic N) is 2. The lowest BCUT2D eigenvalue weighted by Crippen LogP contribution is -2.44. The third kappa shape index (κ3) is 4.81. The highest BCUT2D eigenvalue weighted by Gasteiger charge is 2.27. The molecule has 0 fully saturated rings. The van der Waals surface area contributed by atoms with Crippen molar-refractivity contribution in [2.45, 2.75) is 19.0 Å². The van der Waals surface area contributed by atoms with Gasteiger partial charge in [0.2, 0.25) is 0 Å². The number of rotatable bonds is 5. The third-order valence-corrected chi connectivity index (χ3v) is 6.04. The second-order valence-corrected chi connectivity index (χ2v) is 8.10. The molecule has 0 aliphatic carbocycles. The second-order valence-electron chi connectivity index (χ2n) is 7.69. The minimum absolute atomic E-state index is 0.0505. The van der Waals surface area contributed by atoms with E-state index in [0.717, 1.165) is 25.2 Å². The van der Waals surface area contributed by atoms with Crippen molar-refractivity contribution < 1.29 is 9.59 Å². The first-order valence-electron chi connectivity index (χ1n) is 10.3. The first-order valence-corrected chi connectivity index (χ1v) is 10.7. The van der Waals surface area contributed by atoms with Gasteiger partial charge in [-0.25, -0.2) is 0 Å². The average molecular weight is 437 g/mol. The van der Waals surface area contributed by atoms with Crippen molar-refractivity contribution >= 4 is 29.1 Å². The topological polar surface area (TPSA) is 66.4 Å². The van der Waals surface area contributed by atoms with Crippen LogP contribution in [0.15, 0.2) is 66.9 Å². The monoisotopic (exact) mass is 436 g/mol. The molecule has 1 aliphatic heterocycles. The summed E-state index contributed by atoms with van der Waals surface area (Å²) < 4.78 is 2.06. The number of hydrogen-bond donors (Lipinski definition) is 2. The van der Waals surface area contributed by atoms with E-state index in [4.69, 9.17) is 11.6 Å². The van der Waals surface area contributed by atoms with Gasteiger partial charge in [0.15, 0.2) is 0 Å². The zero-order valence-corrected chi connectivity index (χ0v) is 18.1. The van der Waals surface area contributed by atoms with Crippen LogP contribution >= 0.6 is 11.6 Å². The fourth-order valence-corrected chi connectivity index (χ4v) is 4.22. The maximum absolute atomic E-state index is 12.5. The van der Waals surface area contributed by atoms with E-state index in [1.165, 1.54) is 11.1 Å². The van der Waals surface area contributed by atoms with E-state index in [1.807, 2.05) is 19.3 Å². The molecule has 7 heteroatoms. The van der Waals surface area contributed by atoms with Crippen LogP contribution < -0.4 is 10.6 Å². The van der Waals surface area contributed by atoms with Crippen LogP contribution in [0.1, 0.15) is 22.9 Å². The number of hydrogen-bond acceptors (Lipinski definition) is 3. The summed E-state index contributed by atoms with van der Waals surface area (Å²) in [6.45, 7) is 2.01. The molecule has 2 aromatic carbocycles. The Labute approximate surface area is 186 Å². The smallest absolute Gasteiger partial charge is 0.313 e. The van der Waals surface area contributed by atoms with Gasteiger partial charge in [0.1, 0.15) is 0 Å². The molecular formula is C24H25ClN4O2. The van der Waals surface area contributed by atoms with E-state index in [1.54, 1.807) is 24.3 Å². The van der Waals surface area contributed by atoms with Gasteiger partial charge in [-0.3, -0.25) is 14.5 Å². The molecule has 0 bridgehead atoms. The van der Waals surface area contributed by atoms with Crippen LogP contribution in [0.4, 0.5) is 5.69 Å². The maximum atomic E-state index is 12.5. The lowest BCUT2D eigenvalue weighted by Gasteiger charge is -2.36. The lowest BCUT2D eigenvalue weighted by molar-refractivity contribution is -0.136. The van der Waals surface area contributed by atoms with Gasteiger partial charge in [-0.2, -0.15) is 0 Å². The molecule has 0 spiro atoms. The average Bonchev–Trinajstić information content (AvgIpc) is 3.20. The highest BCUT2D eigenvalue weighted by Crippen LogP contribution is 2.28. The molecule has 2 heterocycles. The zero-order chi connectivity index (χ0) is 21.8. The first-order chi connectivity index (χ1) is 15.0. The summed E-state index contributed by atoms with van der Waals surface area (Å²) >= 11 is 6.07. The molecule has 4 rings (SSSR count). The number of halogens is 1. The van der Waals surface area contributed by atoms with Crippen LogP contribution in [0.25, 0.3) is 0 Å². The Bertz CT molecular complexity index is 1090. The minimum Gasteiger partial charge on any atom is -0.353 e. The second kappa shape index (κ2) is 9.37. The van der Waals surface area contributed by atoms with Crippen LogP contribution in [0.5, 0.6) is 0 Å². The molecule has 2 amide bonds. The molecule has 3 aromatic rings. The molecule has 0 radical (unpaired) electrons. The van der Waals surface area contributed by atoms with E-state index in [2.05, 4.69) is 50.4 Å². The summed E-state index contributed by atoms with van der Waals surface area (Å²) in [5, 5.41) is 5.77. The Morgan fingerprint density at radius 2 is 1.74 bits per heavy atom. The van der Waals surface area contributed by atoms with Crippen LogP contribution in [0.3, 0.4) is 0 Å². The Balaban J connectivity index is 1.46. The van der Waals surface area contributed by atoms with Gasteiger partial charge in [0.25, 0.3) is 0 Å². The van der Waals surface area contributed by atoms with Gasteiger partial charge in [-0.05, 0) is 41.8 Å². The molecule has 0 unspecified atom stereocenters. The molecular weight excluding hydrogens is 412 g/mol. The predicted octanol–water partition coefficient (Wildman–Crippen LogP) is 3.53. The number of anilines is 1. The number of fused-ring (bicyclic) bond motifs is 1. The Hall–Kier alpha value is -3.09. The van der Waals surface area contributed by atoms with Crippen LogP contribution in [-0.2, 0) is 29.6 Å². The largest absolute Gasteiger partial charge is 0.353 e. The van der Waals surface area contributed by atoms with Gasteiger partial charge < -0.3 is 15.2 Å². The Morgan fingerprint density at radius 3 is 2.48 bits per heavy atom. The first kappa shape index (κ1) is 21.2. The third-order valence-electron chi connectivity index (χ3n) is 5.71. The molecule has 1 aliphatic rings. The van der Waals surface area contributed by atoms with Gasteiger partial charge in [0.05, 0.1) is 16.8 Å². The molecule has 1 aromatic heterocycles. The van der Waals surface area contributed by atoms with Crippen molar-refractivity contribution in [1.29, 1.82) is 0 Å². The Morgan fingerprint density at radius 1 is 1.00 bits per heavy atom. The summed E-state index contributed by atoms with van der Waals surface area (Å²) in [4.78, 5) is 27.2. The molecule has 6 nitrogen and oxygen atoms in total. The van der Waals surface area contributed by atoms with Gasteiger partial charge in [0, 0.05) is 38.6 Å². The fourth-order valence-electron chi connectivity index (χ4n) is 4.04. The minimum atomic E-state index is -0.734. The van der Waals surface area contributed by atoms with Crippen molar-refractivity contribution in [2.24, 2.45) is 7.05 Å². The predicted molar refractivity (Wildman–Crippen MR) is 122 cm³/mol. The summed E-state index contributed by atoms with van der Waals surface area (Å²) in [5.74, 6) is -1.42. The van der Waals surface area contributed by atoms with Crippen molar-refractivity contribution in [3.63, 3.8) is 0 Å². The Kier molecular flexibility index (Phi) is 6.39. The molecule has 2 N–H and O–H groups in total. The number of carbonyl (C=O) groups is 2. The molecule has 0 saturated heterocycles. The van der Waals surface area contributed by atoms with Crippen LogP contribution in [0.2, 0.25) is 5.02 Å². The molecule has 1 atom stereocenters. The van der Waals surface area contributed by atoms with Gasteiger partial charge in [-0.15, -0.1) is 0 Å². The number of aromatic nitrogens is 1. The number of aryl methyl sites for hydroxylation is 1. The summed E-state index contributed by atoms with van der Waals surface area (Å²) in [6, 6.07) is 19.3. The lowest BCUT2D eigenvalue weighted by atomic mass is 9.98. The van der Waals surface area contributed by atoms with E-state index in [0.29, 0.717) is 17.3 Å². The summed E-state index contributed by atoms with van der Waals surface area (Å²) in [7, 11) is 1.99. The summed E-state index contributed by atoms with van der Waals surface area (Å²) in [5.41, 5.74) is 4.17. The highest BCUT2D eigenvalue weighted by molar-refractivity contribution is 6.41. The highest BCUT2D eigenvalue weighted by atomic mass is 35.5. The molecule has 0 saturated carbocycles. The van der Waals surface area contributed by atoms with Crippen LogP contribution in [-0.4, -0.2) is 34.4 Å². The zero-order valence-electron chi connectivity index (χ0n) is 17.3. The normalized spacial score (nSPS) is 14.5. The van der Waals surface area contributed by atoms with Gasteiger partial charge >= 0.3 is 11.8 Å². The summed E-state index contributed by atoms with van der Waals surface area (Å²) in [6.07, 6.45) is 2.95. The number of para-hydroxylation sites is 1. The molecule has 160 valence electrons. The quantitative estimate of drug-likeness (QED) is 0.601. The van der Waals surface area contributed by atoms with Crippen molar-refractivity contribution in [3.8, 4) is 0 Å². The van der Waals surface area contributed by atoms with E-state index < -0.39 is 11.8 Å². The van der Waals surface area contributed by atoms with Crippen molar-refractivity contribution in [3.05, 3.63) is 88.7 Å².